The summed E-state index contributed by atoms with van der Waals surface area (Å²) in [7, 11) is 0. The monoisotopic (exact) mass is 532 g/mol. The van der Waals surface area contributed by atoms with Gasteiger partial charge in [-0.3, -0.25) is 0 Å². The molecule has 0 bridgehead atoms. The van der Waals surface area contributed by atoms with Crippen LogP contribution in [0, 0.1) is 5.82 Å². The van der Waals surface area contributed by atoms with Crippen molar-refractivity contribution < 1.29 is 13.9 Å². The van der Waals surface area contributed by atoms with E-state index in [1.165, 1.54) is 70.3 Å². The number of benzene rings is 2. The first kappa shape index (κ1) is 30.5. The van der Waals surface area contributed by atoms with Crippen molar-refractivity contribution >= 4 is 5.97 Å². The number of carbonyl (C=O) groups excluding carboxylic acids is 1. The lowest BCUT2D eigenvalue weighted by atomic mass is 10.0. The Hall–Kier alpha value is -3.08. The van der Waals surface area contributed by atoms with Gasteiger partial charge in [0, 0.05) is 18.0 Å². The number of aryl methyl sites for hydroxylation is 2. The summed E-state index contributed by atoms with van der Waals surface area (Å²) in [6.07, 6.45) is 21.8. The van der Waals surface area contributed by atoms with Gasteiger partial charge in [-0.05, 0) is 61.1 Å². The highest BCUT2D eigenvalue weighted by atomic mass is 19.1. The SMILES string of the molecule is CCCCCCCCCc1ccc(OC(=O)c2ccc(-c3ncc(CCCCCCCC)cn3)cc2)c(F)c1. The van der Waals surface area contributed by atoms with Crippen LogP contribution in [0.5, 0.6) is 5.75 Å². The Balaban J connectivity index is 1.45. The maximum absolute atomic E-state index is 14.6. The van der Waals surface area contributed by atoms with Gasteiger partial charge in [0.1, 0.15) is 0 Å². The minimum Gasteiger partial charge on any atom is -0.420 e. The van der Waals surface area contributed by atoms with Crippen molar-refractivity contribution in [3.63, 3.8) is 0 Å². The van der Waals surface area contributed by atoms with Crippen LogP contribution in [-0.4, -0.2) is 15.9 Å². The Morgan fingerprint density at radius 1 is 0.692 bits per heavy atom. The zero-order valence-electron chi connectivity index (χ0n) is 23.9. The molecule has 0 unspecified atom stereocenters. The molecule has 0 saturated heterocycles. The predicted molar refractivity (Wildman–Crippen MR) is 158 cm³/mol. The van der Waals surface area contributed by atoms with E-state index in [9.17, 15) is 9.18 Å². The van der Waals surface area contributed by atoms with E-state index in [1.54, 1.807) is 30.3 Å². The van der Waals surface area contributed by atoms with Crippen molar-refractivity contribution in [3.8, 4) is 17.1 Å². The average molecular weight is 533 g/mol. The summed E-state index contributed by atoms with van der Waals surface area (Å²) < 4.78 is 20.0. The lowest BCUT2D eigenvalue weighted by Crippen LogP contribution is -2.09. The van der Waals surface area contributed by atoms with E-state index in [-0.39, 0.29) is 5.75 Å². The molecule has 0 aliphatic heterocycles. The molecule has 39 heavy (non-hydrogen) atoms. The molecule has 210 valence electrons. The van der Waals surface area contributed by atoms with E-state index in [4.69, 9.17) is 4.74 Å². The first-order valence-electron chi connectivity index (χ1n) is 15.0. The smallest absolute Gasteiger partial charge is 0.343 e. The van der Waals surface area contributed by atoms with Crippen molar-refractivity contribution in [2.45, 2.75) is 110 Å². The van der Waals surface area contributed by atoms with Gasteiger partial charge in [0.15, 0.2) is 17.4 Å². The molecule has 4 nitrogen and oxygen atoms in total. The summed E-state index contributed by atoms with van der Waals surface area (Å²) >= 11 is 0. The summed E-state index contributed by atoms with van der Waals surface area (Å²) in [5, 5.41) is 0. The average Bonchev–Trinajstić information content (AvgIpc) is 2.96. The molecule has 2 aromatic carbocycles. The molecule has 0 spiro atoms. The number of aromatic nitrogens is 2. The van der Waals surface area contributed by atoms with Crippen LogP contribution in [0.2, 0.25) is 0 Å². The molecule has 3 aromatic rings. The van der Waals surface area contributed by atoms with Gasteiger partial charge in [-0.1, -0.05) is 103 Å². The van der Waals surface area contributed by atoms with Crippen LogP contribution in [0.15, 0.2) is 54.9 Å². The van der Waals surface area contributed by atoms with Gasteiger partial charge in [-0.25, -0.2) is 19.2 Å². The van der Waals surface area contributed by atoms with Crippen LogP contribution >= 0.6 is 0 Å². The van der Waals surface area contributed by atoms with Crippen molar-refractivity contribution in [1.82, 2.24) is 9.97 Å². The minimum absolute atomic E-state index is 0.0447. The molecule has 0 fully saturated rings. The molecule has 1 heterocycles. The third kappa shape index (κ3) is 10.9. The standard InChI is InChI=1S/C34H45FN2O2/c1-3-5-7-9-11-13-14-16-27-18-23-32(31(35)24-27)39-34(38)30-21-19-29(20-22-30)33-36-25-28(26-37-33)17-15-12-10-8-6-4-2/h18-26H,3-17H2,1-2H3. The number of nitrogens with zero attached hydrogens (tertiary/aromatic N) is 2. The zero-order chi connectivity index (χ0) is 27.7. The number of halogens is 1. The lowest BCUT2D eigenvalue weighted by Gasteiger charge is -2.08. The van der Waals surface area contributed by atoms with Crippen LogP contribution in [-0.2, 0) is 12.8 Å². The fourth-order valence-corrected chi connectivity index (χ4v) is 4.73. The van der Waals surface area contributed by atoms with Gasteiger partial charge in [-0.15, -0.1) is 0 Å². The van der Waals surface area contributed by atoms with Gasteiger partial charge >= 0.3 is 5.97 Å². The maximum Gasteiger partial charge on any atom is 0.343 e. The topological polar surface area (TPSA) is 52.1 Å². The van der Waals surface area contributed by atoms with Crippen LogP contribution in [0.1, 0.15) is 119 Å². The molecule has 3 rings (SSSR count). The van der Waals surface area contributed by atoms with E-state index < -0.39 is 11.8 Å². The molecular weight excluding hydrogens is 487 g/mol. The van der Waals surface area contributed by atoms with Crippen molar-refractivity contribution in [2.24, 2.45) is 0 Å². The fraction of sp³-hybridized carbons (Fsp3) is 0.500. The van der Waals surface area contributed by atoms with E-state index >= 15 is 0 Å². The third-order valence-electron chi connectivity index (χ3n) is 7.17. The normalized spacial score (nSPS) is 11.1. The van der Waals surface area contributed by atoms with E-state index in [0.717, 1.165) is 48.8 Å². The summed E-state index contributed by atoms with van der Waals surface area (Å²) in [6, 6.07) is 11.8. The molecule has 0 saturated carbocycles. The van der Waals surface area contributed by atoms with Crippen molar-refractivity contribution in [2.75, 3.05) is 0 Å². The van der Waals surface area contributed by atoms with Gasteiger partial charge in [0.05, 0.1) is 5.56 Å². The third-order valence-corrected chi connectivity index (χ3v) is 7.17. The number of rotatable bonds is 18. The molecule has 0 N–H and O–H groups in total. The van der Waals surface area contributed by atoms with Gasteiger partial charge in [0.25, 0.3) is 0 Å². The van der Waals surface area contributed by atoms with Crippen molar-refractivity contribution in [3.05, 3.63) is 77.4 Å². The Morgan fingerprint density at radius 2 is 1.23 bits per heavy atom. The van der Waals surface area contributed by atoms with Crippen LogP contribution in [0.3, 0.4) is 0 Å². The molecule has 0 atom stereocenters. The zero-order valence-corrected chi connectivity index (χ0v) is 23.9. The summed E-state index contributed by atoms with van der Waals surface area (Å²) in [6.45, 7) is 4.45. The second kappa shape index (κ2) is 17.5. The molecule has 0 aliphatic carbocycles. The first-order chi connectivity index (χ1) is 19.1. The number of unbranched alkanes of at least 4 members (excludes halogenated alkanes) is 11. The highest BCUT2D eigenvalue weighted by Crippen LogP contribution is 2.22. The van der Waals surface area contributed by atoms with Gasteiger partial charge < -0.3 is 4.74 Å². The summed E-state index contributed by atoms with van der Waals surface area (Å²) in [5.41, 5.74) is 3.25. The molecule has 0 aliphatic rings. The summed E-state index contributed by atoms with van der Waals surface area (Å²) in [5.74, 6) is -0.522. The van der Waals surface area contributed by atoms with Gasteiger partial charge in [0.2, 0.25) is 0 Å². The van der Waals surface area contributed by atoms with Crippen molar-refractivity contribution in [1.29, 1.82) is 0 Å². The Bertz CT molecular complexity index is 1110. The lowest BCUT2D eigenvalue weighted by molar-refractivity contribution is 0.0728. The number of esters is 1. The Labute approximate surface area is 234 Å². The first-order valence-corrected chi connectivity index (χ1v) is 15.0. The number of hydrogen-bond acceptors (Lipinski definition) is 4. The van der Waals surface area contributed by atoms with E-state index in [1.807, 2.05) is 18.5 Å². The predicted octanol–water partition coefficient (Wildman–Crippen LogP) is 9.70. The maximum atomic E-state index is 14.6. The van der Waals surface area contributed by atoms with E-state index in [0.29, 0.717) is 11.4 Å². The second-order valence-electron chi connectivity index (χ2n) is 10.5. The molecule has 5 heteroatoms. The molecular formula is C34H45FN2O2. The van der Waals surface area contributed by atoms with Crippen LogP contribution in [0.25, 0.3) is 11.4 Å². The fourth-order valence-electron chi connectivity index (χ4n) is 4.73. The van der Waals surface area contributed by atoms with Crippen LogP contribution < -0.4 is 4.74 Å². The summed E-state index contributed by atoms with van der Waals surface area (Å²) in [4.78, 5) is 21.6. The molecule has 1 aromatic heterocycles. The largest absolute Gasteiger partial charge is 0.420 e. The van der Waals surface area contributed by atoms with Crippen LogP contribution in [0.4, 0.5) is 4.39 Å². The highest BCUT2D eigenvalue weighted by Gasteiger charge is 2.13. The van der Waals surface area contributed by atoms with Gasteiger partial charge in [-0.2, -0.15) is 0 Å². The highest BCUT2D eigenvalue weighted by molar-refractivity contribution is 5.91. The second-order valence-corrected chi connectivity index (χ2v) is 10.5. The quantitative estimate of drug-likeness (QED) is 0.0929. The Morgan fingerprint density at radius 3 is 1.79 bits per heavy atom. The minimum atomic E-state index is -0.588. The van der Waals surface area contributed by atoms with E-state index in [2.05, 4.69) is 23.8 Å². The molecule has 0 amide bonds. The number of ether oxygens (including phenoxy) is 1. The number of hydrogen-bond donors (Lipinski definition) is 0. The Kier molecular flexibility index (Phi) is 13.7. The number of carbonyl (C=O) groups is 1. The molecule has 0 radical (unpaired) electrons.